The zero-order chi connectivity index (χ0) is 15.1. The zero-order valence-corrected chi connectivity index (χ0v) is 14.1. The van der Waals surface area contributed by atoms with Crippen LogP contribution in [0.3, 0.4) is 0 Å². The molecule has 21 heavy (non-hydrogen) atoms. The molecule has 0 radical (unpaired) electrons. The molecule has 1 aliphatic rings. The Bertz CT molecular complexity index is 399. The molecule has 0 spiro atoms. The molecular formula is C19H32N2. The minimum atomic E-state index is 0.465. The van der Waals surface area contributed by atoms with Gasteiger partial charge in [-0.05, 0) is 56.3 Å². The Morgan fingerprint density at radius 2 is 1.90 bits per heavy atom. The van der Waals surface area contributed by atoms with Crippen LogP contribution in [0.15, 0.2) is 30.3 Å². The van der Waals surface area contributed by atoms with Crippen molar-refractivity contribution in [2.45, 2.75) is 52.5 Å². The lowest BCUT2D eigenvalue weighted by Gasteiger charge is -2.28. The zero-order valence-electron chi connectivity index (χ0n) is 14.1. The molecule has 2 rings (SSSR count). The third kappa shape index (κ3) is 5.44. The monoisotopic (exact) mass is 288 g/mol. The third-order valence-corrected chi connectivity index (χ3v) is 4.72. The summed E-state index contributed by atoms with van der Waals surface area (Å²) in [6.07, 6.45) is 5.21. The molecule has 2 nitrogen and oxygen atoms in total. The molecule has 1 aromatic carbocycles. The number of hydrogen-bond donors (Lipinski definition) is 1. The number of nitrogens with zero attached hydrogens (tertiary/aromatic N) is 1. The van der Waals surface area contributed by atoms with E-state index in [1.54, 1.807) is 0 Å². The van der Waals surface area contributed by atoms with Crippen LogP contribution >= 0.6 is 0 Å². The average Bonchev–Trinajstić information content (AvgIpc) is 2.65. The molecule has 1 aromatic rings. The molecule has 1 aliphatic heterocycles. The third-order valence-electron chi connectivity index (χ3n) is 4.72. The van der Waals surface area contributed by atoms with Gasteiger partial charge in [-0.25, -0.2) is 0 Å². The fourth-order valence-corrected chi connectivity index (χ4v) is 3.21. The summed E-state index contributed by atoms with van der Waals surface area (Å²) in [5.41, 5.74) is 1.95. The van der Waals surface area contributed by atoms with Gasteiger partial charge >= 0.3 is 0 Å². The van der Waals surface area contributed by atoms with E-state index < -0.39 is 0 Å². The molecule has 1 heterocycles. The molecule has 1 atom stereocenters. The Balaban J connectivity index is 1.98. The van der Waals surface area contributed by atoms with Crippen LogP contribution in [-0.2, 0) is 0 Å². The van der Waals surface area contributed by atoms with Crippen LogP contribution in [0.1, 0.15) is 58.1 Å². The Morgan fingerprint density at radius 3 is 2.62 bits per heavy atom. The van der Waals surface area contributed by atoms with Gasteiger partial charge in [0.2, 0.25) is 0 Å². The maximum atomic E-state index is 3.73. The number of rotatable bonds is 6. The van der Waals surface area contributed by atoms with Crippen molar-refractivity contribution in [1.82, 2.24) is 10.2 Å². The van der Waals surface area contributed by atoms with Crippen LogP contribution in [-0.4, -0.2) is 31.1 Å². The van der Waals surface area contributed by atoms with Gasteiger partial charge in [-0.3, -0.25) is 0 Å². The molecule has 0 aliphatic carbocycles. The first-order valence-electron chi connectivity index (χ1n) is 8.61. The van der Waals surface area contributed by atoms with Crippen molar-refractivity contribution in [1.29, 1.82) is 0 Å². The van der Waals surface area contributed by atoms with Crippen LogP contribution in [0.5, 0.6) is 0 Å². The molecule has 1 unspecified atom stereocenters. The Morgan fingerprint density at radius 1 is 1.14 bits per heavy atom. The quantitative estimate of drug-likeness (QED) is 0.842. The summed E-state index contributed by atoms with van der Waals surface area (Å²) in [7, 11) is 0. The highest BCUT2D eigenvalue weighted by molar-refractivity contribution is 5.19. The summed E-state index contributed by atoms with van der Waals surface area (Å²) in [4.78, 5) is 2.66. The molecule has 0 saturated carbocycles. The van der Waals surface area contributed by atoms with E-state index in [0.717, 1.165) is 13.1 Å². The lowest BCUT2D eigenvalue weighted by Crippen LogP contribution is -2.36. The van der Waals surface area contributed by atoms with Gasteiger partial charge in [0, 0.05) is 12.6 Å². The summed E-state index contributed by atoms with van der Waals surface area (Å²) in [5, 5.41) is 3.73. The summed E-state index contributed by atoms with van der Waals surface area (Å²) in [5.74, 6) is 0. The molecule has 1 N–H and O–H groups in total. The molecule has 2 heteroatoms. The second-order valence-electron chi connectivity index (χ2n) is 7.24. The lowest BCUT2D eigenvalue weighted by molar-refractivity contribution is 0.237. The smallest absolute Gasteiger partial charge is 0.0449 e. The van der Waals surface area contributed by atoms with E-state index >= 15 is 0 Å². The molecule has 1 fully saturated rings. The molecule has 0 bridgehead atoms. The van der Waals surface area contributed by atoms with Crippen LogP contribution in [0, 0.1) is 5.41 Å². The number of benzene rings is 1. The normalized spacial score (nSPS) is 20.9. The molecule has 1 saturated heterocycles. The van der Waals surface area contributed by atoms with Gasteiger partial charge in [-0.2, -0.15) is 0 Å². The van der Waals surface area contributed by atoms with E-state index in [1.165, 1.54) is 44.3 Å². The second kappa shape index (κ2) is 7.95. The van der Waals surface area contributed by atoms with Crippen molar-refractivity contribution >= 4 is 0 Å². The van der Waals surface area contributed by atoms with Gasteiger partial charge in [-0.15, -0.1) is 0 Å². The minimum absolute atomic E-state index is 0.465. The minimum Gasteiger partial charge on any atom is -0.309 e. The van der Waals surface area contributed by atoms with Crippen molar-refractivity contribution in [3.63, 3.8) is 0 Å². The van der Waals surface area contributed by atoms with Crippen molar-refractivity contribution < 1.29 is 0 Å². The summed E-state index contributed by atoms with van der Waals surface area (Å²) < 4.78 is 0. The van der Waals surface area contributed by atoms with Gasteiger partial charge in [0.1, 0.15) is 0 Å². The van der Waals surface area contributed by atoms with Crippen LogP contribution in [0.25, 0.3) is 0 Å². The van der Waals surface area contributed by atoms with Crippen molar-refractivity contribution in [3.05, 3.63) is 35.9 Å². The fourth-order valence-electron chi connectivity index (χ4n) is 3.21. The lowest BCUT2D eigenvalue weighted by atomic mass is 9.85. The SMILES string of the molecule is CCCNC(CN1CCCC(C)(C)CC1)c1ccccc1. The summed E-state index contributed by atoms with van der Waals surface area (Å²) >= 11 is 0. The van der Waals surface area contributed by atoms with E-state index in [9.17, 15) is 0 Å². The van der Waals surface area contributed by atoms with E-state index in [1.807, 2.05) is 0 Å². The highest BCUT2D eigenvalue weighted by Gasteiger charge is 2.24. The predicted molar refractivity (Wildman–Crippen MR) is 91.5 cm³/mol. The molecule has 0 aromatic heterocycles. The highest BCUT2D eigenvalue weighted by atomic mass is 15.1. The molecular weight excluding hydrogens is 256 g/mol. The highest BCUT2D eigenvalue weighted by Crippen LogP contribution is 2.30. The van der Waals surface area contributed by atoms with Crippen LogP contribution in [0.4, 0.5) is 0 Å². The first-order valence-corrected chi connectivity index (χ1v) is 8.61. The Hall–Kier alpha value is -0.860. The number of likely N-dealkylation sites (tertiary alicyclic amines) is 1. The summed E-state index contributed by atoms with van der Waals surface area (Å²) in [6.45, 7) is 11.8. The largest absolute Gasteiger partial charge is 0.309 e. The molecule has 0 amide bonds. The van der Waals surface area contributed by atoms with E-state index in [0.29, 0.717) is 11.5 Å². The van der Waals surface area contributed by atoms with Crippen LogP contribution in [0.2, 0.25) is 0 Å². The van der Waals surface area contributed by atoms with E-state index in [2.05, 4.69) is 61.3 Å². The first kappa shape index (κ1) is 16.5. The van der Waals surface area contributed by atoms with Gasteiger partial charge in [0.05, 0.1) is 0 Å². The first-order chi connectivity index (χ1) is 10.1. The standard InChI is InChI=1S/C19H32N2/c1-4-13-20-18(17-9-6-5-7-10-17)16-21-14-8-11-19(2,3)12-15-21/h5-7,9-10,18,20H,4,8,11-16H2,1-3H3. The van der Waals surface area contributed by atoms with Crippen molar-refractivity contribution in [2.75, 3.05) is 26.2 Å². The second-order valence-corrected chi connectivity index (χ2v) is 7.24. The van der Waals surface area contributed by atoms with Gasteiger partial charge in [-0.1, -0.05) is 51.1 Å². The Kier molecular flexibility index (Phi) is 6.25. The van der Waals surface area contributed by atoms with Gasteiger partial charge < -0.3 is 10.2 Å². The summed E-state index contributed by atoms with van der Waals surface area (Å²) in [6, 6.07) is 11.4. The van der Waals surface area contributed by atoms with Crippen molar-refractivity contribution in [3.8, 4) is 0 Å². The average molecular weight is 288 g/mol. The molecule has 118 valence electrons. The fraction of sp³-hybridized carbons (Fsp3) is 0.684. The number of nitrogens with one attached hydrogen (secondary N) is 1. The van der Waals surface area contributed by atoms with Gasteiger partial charge in [0.15, 0.2) is 0 Å². The van der Waals surface area contributed by atoms with E-state index in [-0.39, 0.29) is 0 Å². The topological polar surface area (TPSA) is 15.3 Å². The van der Waals surface area contributed by atoms with E-state index in [4.69, 9.17) is 0 Å². The predicted octanol–water partition coefficient (Wildman–Crippen LogP) is 4.24. The Labute approximate surface area is 130 Å². The van der Waals surface area contributed by atoms with Gasteiger partial charge in [0.25, 0.3) is 0 Å². The maximum absolute atomic E-state index is 3.73. The van der Waals surface area contributed by atoms with Crippen molar-refractivity contribution in [2.24, 2.45) is 5.41 Å². The van der Waals surface area contributed by atoms with Crippen LogP contribution < -0.4 is 5.32 Å². The number of hydrogen-bond acceptors (Lipinski definition) is 2. The maximum Gasteiger partial charge on any atom is 0.0449 e.